The number of rotatable bonds is 1. The molecular formula is C9H6FNO2. The molecular weight excluding hydrogens is 173 g/mol. The molecule has 0 aliphatic carbocycles. The first-order valence-corrected chi connectivity index (χ1v) is 3.50. The highest BCUT2D eigenvalue weighted by molar-refractivity contribution is 5.70. The van der Waals surface area contributed by atoms with Crippen LogP contribution >= 0.6 is 0 Å². The highest BCUT2D eigenvalue weighted by Gasteiger charge is 1.96. The van der Waals surface area contributed by atoms with E-state index in [1.807, 2.05) is 0 Å². The SMILES string of the molecule is O=C(O)CC#Cc1ccncc1F. The van der Waals surface area contributed by atoms with Crippen LogP contribution in [0.2, 0.25) is 0 Å². The predicted molar refractivity (Wildman–Crippen MR) is 43.3 cm³/mol. The lowest BCUT2D eigenvalue weighted by molar-refractivity contribution is -0.135. The Bertz CT molecular complexity index is 379. The first-order valence-electron chi connectivity index (χ1n) is 3.50. The second-order valence-electron chi connectivity index (χ2n) is 2.23. The van der Waals surface area contributed by atoms with Gasteiger partial charge in [0, 0.05) is 6.20 Å². The van der Waals surface area contributed by atoms with Crippen molar-refractivity contribution in [2.75, 3.05) is 0 Å². The minimum atomic E-state index is -1.03. The number of halogens is 1. The van der Waals surface area contributed by atoms with E-state index < -0.39 is 11.8 Å². The maximum Gasteiger partial charge on any atom is 0.315 e. The van der Waals surface area contributed by atoms with Gasteiger partial charge in [-0.3, -0.25) is 9.78 Å². The number of hydrogen-bond acceptors (Lipinski definition) is 2. The minimum absolute atomic E-state index is 0.163. The first kappa shape index (κ1) is 9.20. The summed E-state index contributed by atoms with van der Waals surface area (Å²) < 4.78 is 12.8. The van der Waals surface area contributed by atoms with Gasteiger partial charge in [0.2, 0.25) is 0 Å². The topological polar surface area (TPSA) is 50.2 Å². The van der Waals surface area contributed by atoms with Crippen LogP contribution in [-0.2, 0) is 4.79 Å². The van der Waals surface area contributed by atoms with Crippen LogP contribution < -0.4 is 0 Å². The second kappa shape index (κ2) is 4.21. The molecule has 1 heterocycles. The van der Waals surface area contributed by atoms with Crippen molar-refractivity contribution in [3.63, 3.8) is 0 Å². The Labute approximate surface area is 74.2 Å². The highest BCUT2D eigenvalue weighted by atomic mass is 19.1. The van der Waals surface area contributed by atoms with E-state index >= 15 is 0 Å². The average Bonchev–Trinajstić information content (AvgIpc) is 2.08. The predicted octanol–water partition coefficient (Wildman–Crippen LogP) is 1.05. The van der Waals surface area contributed by atoms with Crippen LogP contribution in [0.3, 0.4) is 0 Å². The van der Waals surface area contributed by atoms with Gasteiger partial charge in [-0.15, -0.1) is 0 Å². The van der Waals surface area contributed by atoms with Crippen molar-refractivity contribution >= 4 is 5.97 Å². The lowest BCUT2D eigenvalue weighted by Crippen LogP contribution is -1.91. The van der Waals surface area contributed by atoms with Crippen LogP contribution in [0.1, 0.15) is 12.0 Å². The molecule has 0 aromatic carbocycles. The zero-order valence-corrected chi connectivity index (χ0v) is 6.62. The Hall–Kier alpha value is -1.89. The molecule has 1 aromatic heterocycles. The van der Waals surface area contributed by atoms with Crippen LogP contribution in [0.15, 0.2) is 18.5 Å². The maximum absolute atomic E-state index is 12.8. The van der Waals surface area contributed by atoms with E-state index in [-0.39, 0.29) is 12.0 Å². The molecule has 0 unspecified atom stereocenters. The third-order valence-corrected chi connectivity index (χ3v) is 1.24. The molecule has 4 heteroatoms. The number of aliphatic carboxylic acids is 1. The first-order chi connectivity index (χ1) is 6.20. The molecule has 1 rings (SSSR count). The Morgan fingerprint density at radius 2 is 2.46 bits per heavy atom. The molecule has 0 saturated heterocycles. The average molecular weight is 179 g/mol. The van der Waals surface area contributed by atoms with Crippen molar-refractivity contribution in [2.45, 2.75) is 6.42 Å². The van der Waals surface area contributed by atoms with Crippen LogP contribution in [0.25, 0.3) is 0 Å². The van der Waals surface area contributed by atoms with Gasteiger partial charge in [-0.1, -0.05) is 11.8 Å². The van der Waals surface area contributed by atoms with Gasteiger partial charge in [-0.05, 0) is 6.07 Å². The monoisotopic (exact) mass is 179 g/mol. The molecule has 0 fully saturated rings. The fourth-order valence-electron chi connectivity index (χ4n) is 0.692. The summed E-state index contributed by atoms with van der Waals surface area (Å²) >= 11 is 0. The van der Waals surface area contributed by atoms with Crippen molar-refractivity contribution in [3.8, 4) is 11.8 Å². The Morgan fingerprint density at radius 1 is 1.69 bits per heavy atom. The number of pyridine rings is 1. The van der Waals surface area contributed by atoms with E-state index in [0.29, 0.717) is 0 Å². The quantitative estimate of drug-likeness (QED) is 0.655. The molecule has 0 aliphatic rings. The van der Waals surface area contributed by atoms with Crippen molar-refractivity contribution < 1.29 is 14.3 Å². The van der Waals surface area contributed by atoms with Gasteiger partial charge in [0.25, 0.3) is 0 Å². The minimum Gasteiger partial charge on any atom is -0.481 e. The van der Waals surface area contributed by atoms with Crippen molar-refractivity contribution in [1.29, 1.82) is 0 Å². The number of carboxylic acid groups (broad SMARTS) is 1. The molecule has 13 heavy (non-hydrogen) atoms. The van der Waals surface area contributed by atoms with Gasteiger partial charge in [-0.25, -0.2) is 4.39 Å². The lowest BCUT2D eigenvalue weighted by atomic mass is 10.2. The summed E-state index contributed by atoms with van der Waals surface area (Å²) in [7, 11) is 0. The normalized spacial score (nSPS) is 8.69. The molecule has 0 aliphatic heterocycles. The number of hydrogen-bond donors (Lipinski definition) is 1. The molecule has 0 saturated carbocycles. The number of carboxylic acids is 1. The van der Waals surface area contributed by atoms with Gasteiger partial charge < -0.3 is 5.11 Å². The summed E-state index contributed by atoms with van der Waals surface area (Å²) in [4.78, 5) is 13.6. The number of aromatic nitrogens is 1. The Balaban J connectivity index is 2.77. The van der Waals surface area contributed by atoms with Crippen molar-refractivity contribution in [1.82, 2.24) is 4.98 Å². The zero-order chi connectivity index (χ0) is 9.68. The summed E-state index contributed by atoms with van der Waals surface area (Å²) in [6.45, 7) is 0. The summed E-state index contributed by atoms with van der Waals surface area (Å²) in [6, 6.07) is 1.39. The fourth-order valence-corrected chi connectivity index (χ4v) is 0.692. The van der Waals surface area contributed by atoms with Crippen molar-refractivity contribution in [3.05, 3.63) is 29.8 Å². The molecule has 0 bridgehead atoms. The molecule has 3 nitrogen and oxygen atoms in total. The van der Waals surface area contributed by atoms with Gasteiger partial charge in [-0.2, -0.15) is 0 Å². The fraction of sp³-hybridized carbons (Fsp3) is 0.111. The summed E-state index contributed by atoms with van der Waals surface area (Å²) in [5.41, 5.74) is 0.163. The van der Waals surface area contributed by atoms with E-state index in [1.165, 1.54) is 12.3 Å². The van der Waals surface area contributed by atoms with Crippen LogP contribution in [-0.4, -0.2) is 16.1 Å². The van der Waals surface area contributed by atoms with E-state index in [2.05, 4.69) is 16.8 Å². The van der Waals surface area contributed by atoms with E-state index in [4.69, 9.17) is 5.11 Å². The summed E-state index contributed by atoms with van der Waals surface area (Å²) in [5, 5.41) is 8.25. The van der Waals surface area contributed by atoms with Gasteiger partial charge in [0.15, 0.2) is 5.82 Å². The van der Waals surface area contributed by atoms with Crippen LogP contribution in [0.5, 0.6) is 0 Å². The zero-order valence-electron chi connectivity index (χ0n) is 6.62. The van der Waals surface area contributed by atoms with Gasteiger partial charge in [0.05, 0.1) is 11.8 Å². The third-order valence-electron chi connectivity index (χ3n) is 1.24. The largest absolute Gasteiger partial charge is 0.481 e. The maximum atomic E-state index is 12.8. The molecule has 0 radical (unpaired) electrons. The van der Waals surface area contributed by atoms with E-state index in [0.717, 1.165) is 6.20 Å². The number of carbonyl (C=O) groups is 1. The van der Waals surface area contributed by atoms with E-state index in [9.17, 15) is 9.18 Å². The summed E-state index contributed by atoms with van der Waals surface area (Å²) in [5.74, 6) is 3.16. The molecule has 1 N–H and O–H groups in total. The molecule has 0 atom stereocenters. The smallest absolute Gasteiger partial charge is 0.315 e. The van der Waals surface area contributed by atoms with Crippen LogP contribution in [0, 0.1) is 17.7 Å². The Kier molecular flexibility index (Phi) is 2.98. The van der Waals surface area contributed by atoms with Gasteiger partial charge >= 0.3 is 5.97 Å². The van der Waals surface area contributed by atoms with Gasteiger partial charge in [0.1, 0.15) is 6.42 Å². The summed E-state index contributed by atoms with van der Waals surface area (Å²) in [6.07, 6.45) is 2.14. The molecule has 66 valence electrons. The van der Waals surface area contributed by atoms with Crippen LogP contribution in [0.4, 0.5) is 4.39 Å². The molecule has 1 aromatic rings. The highest BCUT2D eigenvalue weighted by Crippen LogP contribution is 2.01. The standard InChI is InChI=1S/C9H6FNO2/c10-8-6-11-5-4-7(8)2-1-3-9(12)13/h4-6H,3H2,(H,12,13). The number of nitrogens with zero attached hydrogens (tertiary/aromatic N) is 1. The van der Waals surface area contributed by atoms with E-state index in [1.54, 1.807) is 0 Å². The third kappa shape index (κ3) is 2.91. The molecule has 0 spiro atoms. The van der Waals surface area contributed by atoms with Crippen molar-refractivity contribution in [2.24, 2.45) is 0 Å². The Morgan fingerprint density at radius 3 is 3.08 bits per heavy atom. The lowest BCUT2D eigenvalue weighted by Gasteiger charge is -1.89. The molecule has 0 amide bonds. The second-order valence-corrected chi connectivity index (χ2v) is 2.23.